The third-order valence-electron chi connectivity index (χ3n) is 1.89. The number of amidine groups is 1. The van der Waals surface area contributed by atoms with Gasteiger partial charge in [-0.1, -0.05) is 30.3 Å². The highest BCUT2D eigenvalue weighted by molar-refractivity contribution is 5.99. The summed E-state index contributed by atoms with van der Waals surface area (Å²) in [5, 5.41) is 5.99. The highest BCUT2D eigenvalue weighted by Crippen LogP contribution is 2.13. The number of hydrogen-bond donors (Lipinski definition) is 0. The first-order valence-electron chi connectivity index (χ1n) is 4.15. The standard InChI is InChI=1S/C10H11N3/c1-12-8-13(2)11-10(12)9-6-4-3-5-7-9/h3-7H,1-2H3. The van der Waals surface area contributed by atoms with E-state index in [4.69, 9.17) is 0 Å². The summed E-state index contributed by atoms with van der Waals surface area (Å²) in [4.78, 5) is 1.88. The van der Waals surface area contributed by atoms with Crippen molar-refractivity contribution < 1.29 is 0 Å². The molecule has 3 heteroatoms. The molecule has 0 saturated carbocycles. The largest absolute Gasteiger partial charge is 0.326 e. The quantitative estimate of drug-likeness (QED) is 0.636. The van der Waals surface area contributed by atoms with Gasteiger partial charge < -0.3 is 4.90 Å². The first kappa shape index (κ1) is 8.10. The van der Waals surface area contributed by atoms with E-state index in [2.05, 4.69) is 11.8 Å². The molecule has 0 unspecified atom stereocenters. The number of hydrazone groups is 1. The summed E-state index contributed by atoms with van der Waals surface area (Å²) in [6, 6.07) is 10.1. The fraction of sp³-hybridized carbons (Fsp3) is 0.200. The molecule has 1 aliphatic heterocycles. The minimum absolute atomic E-state index is 0.933. The number of hydrogen-bond acceptors (Lipinski definition) is 3. The Kier molecular flexibility index (Phi) is 1.93. The predicted octanol–water partition coefficient (Wildman–Crippen LogP) is 1.22. The van der Waals surface area contributed by atoms with Crippen molar-refractivity contribution in [2.45, 2.75) is 0 Å². The topological polar surface area (TPSA) is 18.8 Å². The van der Waals surface area contributed by atoms with Crippen LogP contribution in [0.5, 0.6) is 0 Å². The van der Waals surface area contributed by atoms with E-state index in [9.17, 15) is 0 Å². The summed E-state index contributed by atoms with van der Waals surface area (Å²) in [6.45, 7) is 3.03. The molecule has 1 aromatic rings. The predicted molar refractivity (Wildman–Crippen MR) is 51.7 cm³/mol. The van der Waals surface area contributed by atoms with Gasteiger partial charge in [-0.05, 0) is 0 Å². The van der Waals surface area contributed by atoms with E-state index in [0.29, 0.717) is 0 Å². The molecule has 0 amide bonds. The maximum Gasteiger partial charge on any atom is 0.226 e. The van der Waals surface area contributed by atoms with Gasteiger partial charge in [0, 0.05) is 19.7 Å². The maximum atomic E-state index is 4.30. The first-order chi connectivity index (χ1) is 6.27. The summed E-state index contributed by atoms with van der Waals surface area (Å²) in [5.41, 5.74) is 1.11. The molecule has 1 aromatic carbocycles. The summed E-state index contributed by atoms with van der Waals surface area (Å²) in [6.07, 6.45) is 0. The molecule has 13 heavy (non-hydrogen) atoms. The second-order valence-electron chi connectivity index (χ2n) is 2.97. The van der Waals surface area contributed by atoms with Gasteiger partial charge in [-0.15, -0.1) is 0 Å². The van der Waals surface area contributed by atoms with Crippen LogP contribution in [-0.2, 0) is 0 Å². The molecule has 0 bridgehead atoms. The van der Waals surface area contributed by atoms with Crippen LogP contribution in [0.25, 0.3) is 0 Å². The molecular formula is C10H11N3. The van der Waals surface area contributed by atoms with Crippen molar-refractivity contribution in [1.29, 1.82) is 0 Å². The van der Waals surface area contributed by atoms with Gasteiger partial charge in [-0.2, -0.15) is 5.10 Å². The van der Waals surface area contributed by atoms with Gasteiger partial charge in [0.2, 0.25) is 6.67 Å². The number of nitrogens with zero attached hydrogens (tertiary/aromatic N) is 3. The fourth-order valence-electron chi connectivity index (χ4n) is 1.33. The van der Waals surface area contributed by atoms with E-state index in [1.807, 2.05) is 49.3 Å². The normalized spacial score (nSPS) is 16.3. The lowest BCUT2D eigenvalue weighted by Gasteiger charge is -2.10. The van der Waals surface area contributed by atoms with Gasteiger partial charge in [-0.25, -0.2) is 0 Å². The Hall–Kier alpha value is -1.51. The molecule has 3 nitrogen and oxygen atoms in total. The van der Waals surface area contributed by atoms with Crippen molar-refractivity contribution in [3.63, 3.8) is 0 Å². The zero-order valence-corrected chi connectivity index (χ0v) is 7.73. The zero-order valence-electron chi connectivity index (χ0n) is 7.73. The smallest absolute Gasteiger partial charge is 0.226 e. The van der Waals surface area contributed by atoms with Crippen molar-refractivity contribution >= 4 is 5.84 Å². The fourth-order valence-corrected chi connectivity index (χ4v) is 1.33. The van der Waals surface area contributed by atoms with Crippen LogP contribution < -0.4 is 0 Å². The van der Waals surface area contributed by atoms with Crippen LogP contribution >= 0.6 is 0 Å². The van der Waals surface area contributed by atoms with Gasteiger partial charge in [0.25, 0.3) is 0 Å². The molecule has 0 saturated heterocycles. The Morgan fingerprint density at radius 1 is 1.15 bits per heavy atom. The second kappa shape index (κ2) is 3.09. The minimum atomic E-state index is 0.933. The Morgan fingerprint density at radius 2 is 1.85 bits per heavy atom. The third kappa shape index (κ3) is 1.49. The zero-order chi connectivity index (χ0) is 9.26. The minimum Gasteiger partial charge on any atom is -0.326 e. The molecule has 0 fully saturated rings. The summed E-state index contributed by atoms with van der Waals surface area (Å²) in [5.74, 6) is 0.933. The molecule has 2 rings (SSSR count). The molecule has 1 heterocycles. The Morgan fingerprint density at radius 3 is 2.38 bits per heavy atom. The van der Waals surface area contributed by atoms with Crippen LogP contribution in [0.2, 0.25) is 0 Å². The second-order valence-corrected chi connectivity index (χ2v) is 2.97. The molecule has 0 aliphatic carbocycles. The van der Waals surface area contributed by atoms with E-state index < -0.39 is 0 Å². The SMILES string of the molecule is CN1[C]N(C)C(c2ccccc2)=N1. The number of rotatable bonds is 1. The molecule has 0 aromatic heterocycles. The monoisotopic (exact) mass is 173 g/mol. The van der Waals surface area contributed by atoms with E-state index >= 15 is 0 Å². The van der Waals surface area contributed by atoms with Gasteiger partial charge >= 0.3 is 0 Å². The molecule has 2 radical (unpaired) electrons. The van der Waals surface area contributed by atoms with Gasteiger partial charge in [-0.3, -0.25) is 5.01 Å². The average molecular weight is 173 g/mol. The lowest BCUT2D eigenvalue weighted by atomic mass is 10.2. The Labute approximate surface area is 78.3 Å². The lowest BCUT2D eigenvalue weighted by Crippen LogP contribution is -2.21. The van der Waals surface area contributed by atoms with Crippen LogP contribution in [0.15, 0.2) is 35.4 Å². The van der Waals surface area contributed by atoms with Crippen LogP contribution in [0.3, 0.4) is 0 Å². The Bertz CT molecular complexity index is 318. The van der Waals surface area contributed by atoms with E-state index in [-0.39, 0.29) is 0 Å². The molecule has 66 valence electrons. The molecular weight excluding hydrogens is 162 g/mol. The van der Waals surface area contributed by atoms with E-state index in [1.54, 1.807) is 5.01 Å². The Balaban J connectivity index is 2.32. The van der Waals surface area contributed by atoms with Crippen molar-refractivity contribution in [2.75, 3.05) is 14.1 Å². The maximum absolute atomic E-state index is 4.30. The van der Waals surface area contributed by atoms with Crippen LogP contribution in [0.4, 0.5) is 0 Å². The first-order valence-corrected chi connectivity index (χ1v) is 4.15. The molecule has 0 N–H and O–H groups in total. The lowest BCUT2D eigenvalue weighted by molar-refractivity contribution is 0.387. The highest BCUT2D eigenvalue weighted by Gasteiger charge is 2.19. The van der Waals surface area contributed by atoms with Crippen LogP contribution in [0, 0.1) is 6.67 Å². The molecule has 1 aliphatic rings. The number of benzene rings is 1. The van der Waals surface area contributed by atoms with Crippen LogP contribution in [0.1, 0.15) is 5.56 Å². The summed E-state index contributed by atoms with van der Waals surface area (Å²) in [7, 11) is 3.81. The summed E-state index contributed by atoms with van der Waals surface area (Å²) >= 11 is 0. The van der Waals surface area contributed by atoms with Crippen molar-refractivity contribution in [2.24, 2.45) is 5.10 Å². The van der Waals surface area contributed by atoms with Crippen molar-refractivity contribution in [3.8, 4) is 0 Å². The molecule has 0 spiro atoms. The van der Waals surface area contributed by atoms with Gasteiger partial charge in [0.15, 0.2) is 5.84 Å². The average Bonchev–Trinajstić information content (AvgIpc) is 2.47. The van der Waals surface area contributed by atoms with Gasteiger partial charge in [0.1, 0.15) is 0 Å². The van der Waals surface area contributed by atoms with E-state index in [1.165, 1.54) is 0 Å². The van der Waals surface area contributed by atoms with Crippen molar-refractivity contribution in [3.05, 3.63) is 42.6 Å². The van der Waals surface area contributed by atoms with Crippen LogP contribution in [-0.4, -0.2) is 29.8 Å². The highest BCUT2D eigenvalue weighted by atomic mass is 15.6. The van der Waals surface area contributed by atoms with E-state index in [0.717, 1.165) is 11.4 Å². The summed E-state index contributed by atoms with van der Waals surface area (Å²) < 4.78 is 0. The molecule has 0 atom stereocenters. The van der Waals surface area contributed by atoms with Crippen molar-refractivity contribution in [1.82, 2.24) is 9.91 Å². The van der Waals surface area contributed by atoms with Gasteiger partial charge in [0.05, 0.1) is 0 Å². The third-order valence-corrected chi connectivity index (χ3v) is 1.89.